The molecule has 20 heavy (non-hydrogen) atoms. The van der Waals surface area contributed by atoms with Crippen molar-refractivity contribution in [1.29, 1.82) is 5.26 Å². The van der Waals surface area contributed by atoms with Crippen molar-refractivity contribution in [1.82, 2.24) is 4.90 Å². The first-order valence-electron chi connectivity index (χ1n) is 6.48. The molecular weight excluding hydrogens is 264 g/mol. The van der Waals surface area contributed by atoms with Gasteiger partial charge in [-0.05, 0) is 31.9 Å². The molecule has 1 aromatic carbocycles. The summed E-state index contributed by atoms with van der Waals surface area (Å²) in [5.74, 6) is -2.46. The highest BCUT2D eigenvalue weighted by Gasteiger charge is 2.24. The fourth-order valence-electron chi connectivity index (χ4n) is 2.25. The molecule has 1 heterocycles. The van der Waals surface area contributed by atoms with Crippen molar-refractivity contribution >= 4 is 11.6 Å². The zero-order valence-corrected chi connectivity index (χ0v) is 11.1. The van der Waals surface area contributed by atoms with Crippen molar-refractivity contribution in [3.05, 3.63) is 29.3 Å². The minimum Gasteiger partial charge on any atom is -0.371 e. The number of hydrogen-bond donors (Lipinski definition) is 1. The van der Waals surface area contributed by atoms with Crippen LogP contribution in [0.15, 0.2) is 12.1 Å². The van der Waals surface area contributed by atoms with Crippen molar-refractivity contribution in [2.75, 3.05) is 18.4 Å². The van der Waals surface area contributed by atoms with E-state index in [1.807, 2.05) is 0 Å². The SMILES string of the molecule is CC(Nc1ccc(C#N)c(F)c1F)C(=O)N1CCCC1. The van der Waals surface area contributed by atoms with Gasteiger partial charge in [0.05, 0.1) is 11.3 Å². The van der Waals surface area contributed by atoms with Gasteiger partial charge in [0.25, 0.3) is 0 Å². The van der Waals surface area contributed by atoms with E-state index in [0.717, 1.165) is 12.8 Å². The van der Waals surface area contributed by atoms with E-state index in [1.165, 1.54) is 12.1 Å². The predicted molar refractivity (Wildman–Crippen MR) is 70.0 cm³/mol. The van der Waals surface area contributed by atoms with E-state index in [1.54, 1.807) is 17.9 Å². The fraction of sp³-hybridized carbons (Fsp3) is 0.429. The Hall–Kier alpha value is -2.16. The number of likely N-dealkylation sites (tertiary alicyclic amines) is 1. The standard InChI is InChI=1S/C14H15F2N3O/c1-9(14(20)19-6-2-3-7-19)18-11-5-4-10(8-17)12(15)13(11)16/h4-5,9,18H,2-3,6-7H2,1H3. The number of carbonyl (C=O) groups excluding carboxylic acids is 1. The second kappa shape index (κ2) is 5.87. The second-order valence-electron chi connectivity index (χ2n) is 4.80. The third kappa shape index (κ3) is 2.72. The van der Waals surface area contributed by atoms with Crippen molar-refractivity contribution in [3.8, 4) is 6.07 Å². The summed E-state index contributed by atoms with van der Waals surface area (Å²) in [7, 11) is 0. The van der Waals surface area contributed by atoms with Gasteiger partial charge in [0, 0.05) is 13.1 Å². The molecule has 1 amide bonds. The molecule has 1 atom stereocenters. The van der Waals surface area contributed by atoms with Crippen LogP contribution in [0.5, 0.6) is 0 Å². The lowest BCUT2D eigenvalue weighted by molar-refractivity contribution is -0.130. The van der Waals surface area contributed by atoms with Crippen LogP contribution in [0.25, 0.3) is 0 Å². The van der Waals surface area contributed by atoms with Gasteiger partial charge in [0.2, 0.25) is 5.91 Å². The number of hydrogen-bond acceptors (Lipinski definition) is 3. The first-order chi connectivity index (χ1) is 9.54. The Kier molecular flexibility index (Phi) is 4.18. The van der Waals surface area contributed by atoms with E-state index in [0.29, 0.717) is 13.1 Å². The second-order valence-corrected chi connectivity index (χ2v) is 4.80. The Labute approximate surface area is 116 Å². The lowest BCUT2D eigenvalue weighted by Gasteiger charge is -2.22. The van der Waals surface area contributed by atoms with Gasteiger partial charge in [-0.15, -0.1) is 0 Å². The van der Waals surface area contributed by atoms with E-state index in [-0.39, 0.29) is 17.2 Å². The number of nitrogens with zero attached hydrogens (tertiary/aromatic N) is 2. The summed E-state index contributed by atoms with van der Waals surface area (Å²) < 4.78 is 27.2. The number of amides is 1. The normalized spacial score (nSPS) is 15.8. The Morgan fingerprint density at radius 1 is 1.35 bits per heavy atom. The summed E-state index contributed by atoms with van der Waals surface area (Å²) in [6.45, 7) is 3.01. The monoisotopic (exact) mass is 279 g/mol. The molecule has 0 spiro atoms. The van der Waals surface area contributed by atoms with E-state index in [9.17, 15) is 13.6 Å². The van der Waals surface area contributed by atoms with E-state index in [4.69, 9.17) is 5.26 Å². The molecular formula is C14H15F2N3O. The highest BCUT2D eigenvalue weighted by atomic mass is 19.2. The number of nitriles is 1. The molecule has 0 saturated carbocycles. The summed E-state index contributed by atoms with van der Waals surface area (Å²) in [6.07, 6.45) is 1.94. The Morgan fingerprint density at radius 3 is 2.60 bits per heavy atom. The molecule has 106 valence electrons. The van der Waals surface area contributed by atoms with E-state index >= 15 is 0 Å². The molecule has 6 heteroatoms. The maximum absolute atomic E-state index is 13.7. The van der Waals surface area contributed by atoms with Gasteiger partial charge in [0.1, 0.15) is 12.1 Å². The van der Waals surface area contributed by atoms with Gasteiger partial charge in [-0.3, -0.25) is 4.79 Å². The van der Waals surface area contributed by atoms with Crippen LogP contribution in [0.1, 0.15) is 25.3 Å². The van der Waals surface area contributed by atoms with Gasteiger partial charge >= 0.3 is 0 Å². The van der Waals surface area contributed by atoms with Crippen molar-refractivity contribution in [3.63, 3.8) is 0 Å². The zero-order valence-electron chi connectivity index (χ0n) is 11.1. The van der Waals surface area contributed by atoms with E-state index < -0.39 is 17.7 Å². The van der Waals surface area contributed by atoms with Crippen LogP contribution in [0.4, 0.5) is 14.5 Å². The van der Waals surface area contributed by atoms with Crippen LogP contribution < -0.4 is 5.32 Å². The van der Waals surface area contributed by atoms with Crippen LogP contribution in [-0.4, -0.2) is 29.9 Å². The van der Waals surface area contributed by atoms with E-state index in [2.05, 4.69) is 5.32 Å². The quantitative estimate of drug-likeness (QED) is 0.923. The molecule has 1 saturated heterocycles. The number of carbonyl (C=O) groups is 1. The third-order valence-electron chi connectivity index (χ3n) is 3.36. The van der Waals surface area contributed by atoms with Gasteiger partial charge < -0.3 is 10.2 Å². The predicted octanol–water partition coefficient (Wildman–Crippen LogP) is 2.26. The molecule has 1 aromatic rings. The average molecular weight is 279 g/mol. The maximum atomic E-state index is 13.7. The molecule has 2 rings (SSSR count). The molecule has 0 aromatic heterocycles. The van der Waals surface area contributed by atoms with Gasteiger partial charge in [-0.1, -0.05) is 0 Å². The molecule has 4 nitrogen and oxygen atoms in total. The summed E-state index contributed by atoms with van der Waals surface area (Å²) in [4.78, 5) is 13.8. The van der Waals surface area contributed by atoms with Crippen molar-refractivity contribution in [2.24, 2.45) is 0 Å². The number of benzene rings is 1. The number of rotatable bonds is 3. The fourth-order valence-corrected chi connectivity index (χ4v) is 2.25. The minimum atomic E-state index is -1.20. The summed E-state index contributed by atoms with van der Waals surface area (Å²) >= 11 is 0. The molecule has 1 aliphatic rings. The molecule has 1 fully saturated rings. The van der Waals surface area contributed by atoms with Gasteiger partial charge in [-0.25, -0.2) is 8.78 Å². The minimum absolute atomic E-state index is 0.110. The van der Waals surface area contributed by atoms with Crippen molar-refractivity contribution < 1.29 is 13.6 Å². The molecule has 1 aliphatic heterocycles. The summed E-state index contributed by atoms with van der Waals surface area (Å²) in [5, 5.41) is 11.3. The van der Waals surface area contributed by atoms with Gasteiger partial charge in [-0.2, -0.15) is 5.26 Å². The number of anilines is 1. The van der Waals surface area contributed by atoms with Gasteiger partial charge in [0.15, 0.2) is 11.6 Å². The van der Waals surface area contributed by atoms with Crippen LogP contribution in [0, 0.1) is 23.0 Å². The highest BCUT2D eigenvalue weighted by Crippen LogP contribution is 2.21. The molecule has 0 radical (unpaired) electrons. The largest absolute Gasteiger partial charge is 0.371 e. The molecule has 0 bridgehead atoms. The lowest BCUT2D eigenvalue weighted by Crippen LogP contribution is -2.39. The van der Waals surface area contributed by atoms with Crippen molar-refractivity contribution in [2.45, 2.75) is 25.8 Å². The smallest absolute Gasteiger partial charge is 0.244 e. The highest BCUT2D eigenvalue weighted by molar-refractivity contribution is 5.84. The molecule has 1 N–H and O–H groups in total. The average Bonchev–Trinajstić information content (AvgIpc) is 2.97. The number of nitrogens with one attached hydrogen (secondary N) is 1. The Bertz CT molecular complexity index is 562. The topological polar surface area (TPSA) is 56.1 Å². The van der Waals surface area contributed by atoms with Crippen LogP contribution >= 0.6 is 0 Å². The Balaban J connectivity index is 2.12. The summed E-state index contributed by atoms with van der Waals surface area (Å²) in [6, 6.07) is 3.38. The van der Waals surface area contributed by atoms with Crippen LogP contribution in [-0.2, 0) is 4.79 Å². The lowest BCUT2D eigenvalue weighted by atomic mass is 10.1. The van der Waals surface area contributed by atoms with Crippen LogP contribution in [0.3, 0.4) is 0 Å². The first kappa shape index (κ1) is 14.3. The summed E-state index contributed by atoms with van der Waals surface area (Å²) in [5.41, 5.74) is -0.465. The third-order valence-corrected chi connectivity index (χ3v) is 3.36. The number of halogens is 2. The molecule has 0 aliphatic carbocycles. The maximum Gasteiger partial charge on any atom is 0.244 e. The first-order valence-corrected chi connectivity index (χ1v) is 6.48. The molecule has 1 unspecified atom stereocenters. The van der Waals surface area contributed by atoms with Crippen LogP contribution in [0.2, 0.25) is 0 Å². The Morgan fingerprint density at radius 2 is 2.00 bits per heavy atom. The zero-order chi connectivity index (χ0) is 14.7.